The van der Waals surface area contributed by atoms with Gasteiger partial charge < -0.3 is 19.7 Å². The number of nitrogens with zero attached hydrogens (tertiary/aromatic N) is 6. The number of anilines is 3. The Kier molecular flexibility index (Phi) is 6.86. The van der Waals surface area contributed by atoms with E-state index >= 15 is 0 Å². The molecule has 9 nitrogen and oxygen atoms in total. The van der Waals surface area contributed by atoms with Gasteiger partial charge in [0.05, 0.1) is 21.8 Å². The second-order valence-electron chi connectivity index (χ2n) is 10.1. The first kappa shape index (κ1) is 25.4. The fourth-order valence-electron chi connectivity index (χ4n) is 5.12. The molecule has 5 rings (SSSR count). The predicted octanol–water partition coefficient (Wildman–Crippen LogP) is 5.65. The van der Waals surface area contributed by atoms with Gasteiger partial charge in [0, 0.05) is 61.7 Å². The third-order valence-electron chi connectivity index (χ3n) is 7.18. The number of aromatic nitrogens is 3. The Bertz CT molecular complexity index is 1540. The van der Waals surface area contributed by atoms with E-state index in [4.69, 9.17) is 4.98 Å². The standard InChI is InChI=1S/C29H33N7O2/c1-6-20-17-30-29(32-27(20)23-18-35-12-8-10-21-9-7-11-22(23)28(21)35)31-24-16-26(36(37)38)25(15-19(24)2)34(5)14-13-33(3)4/h6-7,9,11,15-18H,1,8,10,12-14H2,2-5H3,(H,30,31,32). The maximum atomic E-state index is 12.0. The van der Waals surface area contributed by atoms with Crippen molar-refractivity contribution in [1.29, 1.82) is 0 Å². The van der Waals surface area contributed by atoms with Crippen LogP contribution in [0.4, 0.5) is 23.0 Å². The Morgan fingerprint density at radius 3 is 2.79 bits per heavy atom. The summed E-state index contributed by atoms with van der Waals surface area (Å²) in [6, 6.07) is 9.85. The van der Waals surface area contributed by atoms with Crippen molar-refractivity contribution in [3.05, 3.63) is 76.1 Å². The maximum absolute atomic E-state index is 12.0. The number of hydrogen-bond acceptors (Lipinski definition) is 7. The molecule has 0 saturated carbocycles. The summed E-state index contributed by atoms with van der Waals surface area (Å²) in [5, 5.41) is 16.4. The second kappa shape index (κ2) is 10.3. The van der Waals surface area contributed by atoms with Crippen LogP contribution in [0.3, 0.4) is 0 Å². The van der Waals surface area contributed by atoms with Gasteiger partial charge in [-0.2, -0.15) is 0 Å². The molecule has 2 aromatic carbocycles. The highest BCUT2D eigenvalue weighted by molar-refractivity contribution is 5.98. The molecule has 0 bridgehead atoms. The number of nitro groups is 1. The van der Waals surface area contributed by atoms with E-state index in [9.17, 15) is 10.1 Å². The molecule has 9 heteroatoms. The minimum Gasteiger partial charge on any atom is -0.368 e. The van der Waals surface area contributed by atoms with Crippen molar-refractivity contribution in [2.45, 2.75) is 26.3 Å². The number of rotatable bonds is 9. The molecular formula is C29H33N7O2. The number of aryl methyl sites for hydroxylation is 3. The van der Waals surface area contributed by atoms with E-state index in [-0.39, 0.29) is 10.6 Å². The van der Waals surface area contributed by atoms with Crippen LogP contribution in [0.15, 0.2) is 49.3 Å². The highest BCUT2D eigenvalue weighted by Crippen LogP contribution is 2.37. The molecule has 0 aliphatic carbocycles. The van der Waals surface area contributed by atoms with Gasteiger partial charge >= 0.3 is 0 Å². The van der Waals surface area contributed by atoms with Crippen LogP contribution in [-0.2, 0) is 13.0 Å². The van der Waals surface area contributed by atoms with Crippen LogP contribution in [0, 0.1) is 17.0 Å². The Balaban J connectivity index is 1.53. The largest absolute Gasteiger partial charge is 0.368 e. The van der Waals surface area contributed by atoms with Crippen molar-refractivity contribution in [1.82, 2.24) is 19.4 Å². The number of hydrogen-bond donors (Lipinski definition) is 1. The summed E-state index contributed by atoms with van der Waals surface area (Å²) in [6.45, 7) is 8.34. The van der Waals surface area contributed by atoms with Gasteiger partial charge in [-0.15, -0.1) is 0 Å². The van der Waals surface area contributed by atoms with Crippen LogP contribution < -0.4 is 10.2 Å². The molecule has 0 unspecified atom stereocenters. The monoisotopic (exact) mass is 511 g/mol. The number of nitro benzene ring substituents is 1. The van der Waals surface area contributed by atoms with Gasteiger partial charge in [0.25, 0.3) is 5.69 Å². The van der Waals surface area contributed by atoms with Crippen LogP contribution in [0.25, 0.3) is 28.2 Å². The smallest absolute Gasteiger partial charge is 0.294 e. The predicted molar refractivity (Wildman–Crippen MR) is 154 cm³/mol. The van der Waals surface area contributed by atoms with Gasteiger partial charge in [0.15, 0.2) is 0 Å². The Morgan fingerprint density at radius 1 is 1.24 bits per heavy atom. The lowest BCUT2D eigenvalue weighted by atomic mass is 10.0. The number of para-hydroxylation sites is 1. The van der Waals surface area contributed by atoms with Gasteiger partial charge in [-0.05, 0) is 51.1 Å². The van der Waals surface area contributed by atoms with Crippen molar-refractivity contribution in [3.63, 3.8) is 0 Å². The van der Waals surface area contributed by atoms with Gasteiger partial charge in [-0.1, -0.05) is 30.9 Å². The summed E-state index contributed by atoms with van der Waals surface area (Å²) >= 11 is 0. The molecule has 0 atom stereocenters. The van der Waals surface area contributed by atoms with Crippen LogP contribution in [0.2, 0.25) is 0 Å². The quantitative estimate of drug-likeness (QED) is 0.229. The Hall–Kier alpha value is -4.24. The van der Waals surface area contributed by atoms with Crippen LogP contribution >= 0.6 is 0 Å². The summed E-state index contributed by atoms with van der Waals surface area (Å²) in [5.41, 5.74) is 7.35. The van der Waals surface area contributed by atoms with Crippen molar-refractivity contribution in [2.24, 2.45) is 0 Å². The molecule has 0 radical (unpaired) electrons. The molecule has 0 spiro atoms. The molecular weight excluding hydrogens is 478 g/mol. The summed E-state index contributed by atoms with van der Waals surface area (Å²) in [6.07, 6.45) is 7.87. The molecule has 4 aromatic rings. The van der Waals surface area contributed by atoms with Gasteiger partial charge in [-0.3, -0.25) is 10.1 Å². The topological polar surface area (TPSA) is 92.4 Å². The van der Waals surface area contributed by atoms with E-state index in [2.05, 4.69) is 50.7 Å². The summed E-state index contributed by atoms with van der Waals surface area (Å²) in [5.74, 6) is 0.378. The molecule has 0 fully saturated rings. The molecule has 3 heterocycles. The van der Waals surface area contributed by atoms with Gasteiger partial charge in [0.2, 0.25) is 5.95 Å². The molecule has 0 amide bonds. The highest BCUT2D eigenvalue weighted by atomic mass is 16.6. The lowest BCUT2D eigenvalue weighted by Crippen LogP contribution is -2.29. The molecule has 0 saturated heterocycles. The highest BCUT2D eigenvalue weighted by Gasteiger charge is 2.22. The Morgan fingerprint density at radius 2 is 2.05 bits per heavy atom. The number of likely N-dealkylation sites (N-methyl/N-ethyl adjacent to an activating group) is 2. The van der Waals surface area contributed by atoms with Crippen LogP contribution in [-0.4, -0.2) is 58.6 Å². The fraction of sp³-hybridized carbons (Fsp3) is 0.310. The van der Waals surface area contributed by atoms with E-state index < -0.39 is 0 Å². The average molecular weight is 512 g/mol. The average Bonchev–Trinajstić information content (AvgIpc) is 3.28. The number of nitrogens with one attached hydrogen (secondary N) is 1. The fourth-order valence-corrected chi connectivity index (χ4v) is 5.12. The van der Waals surface area contributed by atoms with Crippen molar-refractivity contribution < 1.29 is 4.92 Å². The lowest BCUT2D eigenvalue weighted by molar-refractivity contribution is -0.384. The third-order valence-corrected chi connectivity index (χ3v) is 7.18. The molecule has 1 N–H and O–H groups in total. The van der Waals surface area contributed by atoms with Gasteiger partial charge in [-0.25, -0.2) is 9.97 Å². The molecule has 1 aliphatic rings. The zero-order chi connectivity index (χ0) is 27.0. The molecule has 1 aliphatic heterocycles. The van der Waals surface area contributed by atoms with Crippen molar-refractivity contribution in [3.8, 4) is 11.3 Å². The second-order valence-corrected chi connectivity index (χ2v) is 10.1. The summed E-state index contributed by atoms with van der Waals surface area (Å²) in [7, 11) is 5.84. The SMILES string of the molecule is C=Cc1cnc(Nc2cc([N+](=O)[O-])c(N(C)CCN(C)C)cc2C)nc1-c1cn2c3c(cccc13)CCC2. The van der Waals surface area contributed by atoms with E-state index in [0.29, 0.717) is 23.9 Å². The van der Waals surface area contributed by atoms with Crippen molar-refractivity contribution in [2.75, 3.05) is 44.4 Å². The molecule has 2 aromatic heterocycles. The first-order valence-corrected chi connectivity index (χ1v) is 12.8. The van der Waals surface area contributed by atoms with Crippen LogP contribution in [0.1, 0.15) is 23.1 Å². The first-order chi connectivity index (χ1) is 18.3. The zero-order valence-electron chi connectivity index (χ0n) is 22.4. The third kappa shape index (κ3) is 4.72. The van der Waals surface area contributed by atoms with Crippen LogP contribution in [0.5, 0.6) is 0 Å². The van der Waals surface area contributed by atoms with E-state index in [1.165, 1.54) is 11.1 Å². The maximum Gasteiger partial charge on any atom is 0.294 e. The normalized spacial score (nSPS) is 12.7. The first-order valence-electron chi connectivity index (χ1n) is 12.8. The van der Waals surface area contributed by atoms with Gasteiger partial charge in [0.1, 0.15) is 5.69 Å². The molecule has 38 heavy (non-hydrogen) atoms. The summed E-state index contributed by atoms with van der Waals surface area (Å²) in [4.78, 5) is 25.0. The minimum absolute atomic E-state index is 0.0382. The minimum atomic E-state index is -0.340. The van der Waals surface area contributed by atoms with E-state index in [1.54, 1.807) is 18.3 Å². The zero-order valence-corrected chi connectivity index (χ0v) is 22.4. The van der Waals surface area contributed by atoms with E-state index in [0.717, 1.165) is 53.7 Å². The number of benzene rings is 2. The van der Waals surface area contributed by atoms with E-state index in [1.807, 2.05) is 39.0 Å². The van der Waals surface area contributed by atoms with Crippen molar-refractivity contribution >= 4 is 40.0 Å². The molecule has 196 valence electrons. The lowest BCUT2D eigenvalue weighted by Gasteiger charge is -2.22. The Labute approximate surface area is 222 Å². The summed E-state index contributed by atoms with van der Waals surface area (Å²) < 4.78 is 2.31.